The lowest BCUT2D eigenvalue weighted by atomic mass is 10.2. The van der Waals surface area contributed by atoms with E-state index < -0.39 is 16.1 Å². The van der Waals surface area contributed by atoms with Crippen LogP contribution in [0, 0.1) is 6.92 Å². The van der Waals surface area contributed by atoms with Crippen molar-refractivity contribution in [2.45, 2.75) is 57.5 Å². The highest BCUT2D eigenvalue weighted by atomic mass is 32.2. The summed E-state index contributed by atoms with van der Waals surface area (Å²) in [4.78, 5) is 2.42. The molecule has 0 saturated carbocycles. The smallest absolute Gasteiger partial charge is 0.264 e. The lowest BCUT2D eigenvalue weighted by Gasteiger charge is -2.31. The van der Waals surface area contributed by atoms with Crippen LogP contribution in [-0.2, 0) is 10.0 Å². The van der Waals surface area contributed by atoms with E-state index in [1.165, 1.54) is 11.4 Å². The van der Waals surface area contributed by atoms with Crippen LogP contribution in [0.4, 0.5) is 5.69 Å². The molecule has 2 aromatic carbocycles. The number of para-hydroxylation sites is 2. The largest absolute Gasteiger partial charge is 0.495 e. The van der Waals surface area contributed by atoms with E-state index in [4.69, 9.17) is 4.74 Å². The van der Waals surface area contributed by atoms with Crippen LogP contribution in [0.15, 0.2) is 53.4 Å². The molecule has 1 atom stereocenters. The summed E-state index contributed by atoms with van der Waals surface area (Å²) >= 11 is 0. The molecule has 0 spiro atoms. The van der Waals surface area contributed by atoms with Gasteiger partial charge in [-0.3, -0.25) is 4.31 Å². The second-order valence-corrected chi connectivity index (χ2v) is 10.0. The molecule has 0 radical (unpaired) electrons. The molecule has 178 valence electrons. The predicted octanol–water partition coefficient (Wildman–Crippen LogP) is 4.46. The van der Waals surface area contributed by atoms with E-state index in [0.717, 1.165) is 44.3 Å². The third kappa shape index (κ3) is 7.22. The summed E-state index contributed by atoms with van der Waals surface area (Å²) < 4.78 is 34.0. The first-order valence-electron chi connectivity index (χ1n) is 11.5. The Bertz CT molecular complexity index is 908. The van der Waals surface area contributed by atoms with Gasteiger partial charge < -0.3 is 14.7 Å². The Kier molecular flexibility index (Phi) is 10.5. The molecule has 0 bridgehead atoms. The van der Waals surface area contributed by atoms with Gasteiger partial charge in [0.15, 0.2) is 0 Å². The summed E-state index contributed by atoms with van der Waals surface area (Å²) in [5.41, 5.74) is 1.40. The number of aliphatic hydroxyl groups excluding tert-OH is 1. The Morgan fingerprint density at radius 1 is 0.938 bits per heavy atom. The zero-order valence-electron chi connectivity index (χ0n) is 19.8. The third-order valence-electron chi connectivity index (χ3n) is 5.46. The molecule has 6 nitrogen and oxygen atoms in total. The first-order chi connectivity index (χ1) is 15.3. The number of hydrogen-bond donors (Lipinski definition) is 1. The second kappa shape index (κ2) is 12.8. The number of aliphatic hydroxyl groups is 1. The molecule has 0 aliphatic carbocycles. The average Bonchev–Trinajstić information content (AvgIpc) is 2.79. The molecule has 0 heterocycles. The molecular weight excluding hydrogens is 424 g/mol. The van der Waals surface area contributed by atoms with Crippen molar-refractivity contribution in [1.82, 2.24) is 4.90 Å². The third-order valence-corrected chi connectivity index (χ3v) is 7.26. The molecule has 0 aromatic heterocycles. The first-order valence-corrected chi connectivity index (χ1v) is 12.9. The van der Waals surface area contributed by atoms with Crippen LogP contribution in [0.1, 0.15) is 45.1 Å². The predicted molar refractivity (Wildman–Crippen MR) is 131 cm³/mol. The summed E-state index contributed by atoms with van der Waals surface area (Å²) in [6, 6.07) is 13.8. The monoisotopic (exact) mass is 462 g/mol. The average molecular weight is 463 g/mol. The Morgan fingerprint density at radius 2 is 1.53 bits per heavy atom. The molecule has 0 amide bonds. The van der Waals surface area contributed by atoms with Crippen molar-refractivity contribution < 1.29 is 18.3 Å². The quantitative estimate of drug-likeness (QED) is 0.449. The van der Waals surface area contributed by atoms with Gasteiger partial charge in [0.1, 0.15) is 5.75 Å². The number of aryl methyl sites for hydroxylation is 1. The van der Waals surface area contributed by atoms with Gasteiger partial charge in [-0.2, -0.15) is 0 Å². The fourth-order valence-electron chi connectivity index (χ4n) is 3.60. The normalized spacial score (nSPS) is 12.7. The van der Waals surface area contributed by atoms with Crippen molar-refractivity contribution in [2.24, 2.45) is 0 Å². The first kappa shape index (κ1) is 26.2. The van der Waals surface area contributed by atoms with Gasteiger partial charge in [0.05, 0.1) is 30.3 Å². The van der Waals surface area contributed by atoms with Crippen molar-refractivity contribution >= 4 is 15.7 Å². The van der Waals surface area contributed by atoms with Crippen LogP contribution >= 0.6 is 0 Å². The summed E-state index contributed by atoms with van der Waals surface area (Å²) in [5.74, 6) is 0.448. The van der Waals surface area contributed by atoms with E-state index in [9.17, 15) is 13.5 Å². The summed E-state index contributed by atoms with van der Waals surface area (Å²) in [7, 11) is -2.38. The van der Waals surface area contributed by atoms with E-state index >= 15 is 0 Å². The molecule has 32 heavy (non-hydrogen) atoms. The molecule has 0 aliphatic heterocycles. The Morgan fingerprint density at radius 3 is 2.09 bits per heavy atom. The Labute approximate surface area is 193 Å². The molecule has 0 saturated heterocycles. The zero-order chi connectivity index (χ0) is 23.6. The SMILES string of the molecule is CCCCN(CCCC)CC(O)CN(c1ccccc1OC)S(=O)(=O)c1ccc(C)cc1. The maximum Gasteiger partial charge on any atom is 0.264 e. The van der Waals surface area contributed by atoms with Crippen molar-refractivity contribution in [3.63, 3.8) is 0 Å². The van der Waals surface area contributed by atoms with Gasteiger partial charge in [0, 0.05) is 6.54 Å². The maximum absolute atomic E-state index is 13.6. The maximum atomic E-state index is 13.6. The minimum Gasteiger partial charge on any atom is -0.495 e. The Hall–Kier alpha value is -2.09. The fourth-order valence-corrected chi connectivity index (χ4v) is 5.12. The molecule has 1 unspecified atom stereocenters. The number of unbranched alkanes of at least 4 members (excludes halogenated alkanes) is 2. The van der Waals surface area contributed by atoms with Crippen LogP contribution in [0.5, 0.6) is 5.75 Å². The van der Waals surface area contributed by atoms with Crippen molar-refractivity contribution in [3.8, 4) is 5.75 Å². The van der Waals surface area contributed by atoms with Crippen molar-refractivity contribution in [1.29, 1.82) is 0 Å². The minimum absolute atomic E-state index is 0.0503. The van der Waals surface area contributed by atoms with Gasteiger partial charge in [-0.05, 0) is 57.1 Å². The number of methoxy groups -OCH3 is 1. The highest BCUT2D eigenvalue weighted by Crippen LogP contribution is 2.32. The van der Waals surface area contributed by atoms with Gasteiger partial charge in [0.25, 0.3) is 10.0 Å². The van der Waals surface area contributed by atoms with Crippen LogP contribution < -0.4 is 9.04 Å². The number of sulfonamides is 1. The van der Waals surface area contributed by atoms with Gasteiger partial charge in [-0.25, -0.2) is 8.42 Å². The number of ether oxygens (including phenoxy) is 1. The van der Waals surface area contributed by atoms with Gasteiger partial charge >= 0.3 is 0 Å². The van der Waals surface area contributed by atoms with Crippen molar-refractivity contribution in [3.05, 3.63) is 54.1 Å². The highest BCUT2D eigenvalue weighted by molar-refractivity contribution is 7.92. The van der Waals surface area contributed by atoms with Gasteiger partial charge in [0.2, 0.25) is 0 Å². The number of hydrogen-bond acceptors (Lipinski definition) is 5. The van der Waals surface area contributed by atoms with E-state index in [0.29, 0.717) is 18.0 Å². The fraction of sp³-hybridized carbons (Fsp3) is 0.520. The molecular formula is C25H38N2O4S. The number of rotatable bonds is 14. The molecule has 2 rings (SSSR count). The highest BCUT2D eigenvalue weighted by Gasteiger charge is 2.29. The van der Waals surface area contributed by atoms with Crippen LogP contribution in [0.2, 0.25) is 0 Å². The van der Waals surface area contributed by atoms with E-state index in [-0.39, 0.29) is 11.4 Å². The van der Waals surface area contributed by atoms with Gasteiger partial charge in [-0.1, -0.05) is 56.5 Å². The number of nitrogens with zero attached hydrogens (tertiary/aromatic N) is 2. The van der Waals surface area contributed by atoms with Crippen LogP contribution in [-0.4, -0.2) is 57.8 Å². The Balaban J connectivity index is 2.35. The molecule has 1 N–H and O–H groups in total. The number of benzene rings is 2. The van der Waals surface area contributed by atoms with E-state index in [1.807, 2.05) is 6.92 Å². The van der Waals surface area contributed by atoms with E-state index in [1.54, 1.807) is 48.5 Å². The molecule has 0 fully saturated rings. The molecule has 7 heteroatoms. The lowest BCUT2D eigenvalue weighted by Crippen LogP contribution is -2.43. The van der Waals surface area contributed by atoms with E-state index in [2.05, 4.69) is 18.7 Å². The second-order valence-electron chi connectivity index (χ2n) is 8.18. The zero-order valence-corrected chi connectivity index (χ0v) is 20.6. The summed E-state index contributed by atoms with van der Waals surface area (Å²) in [6.45, 7) is 8.37. The standard InChI is InChI=1S/C25H38N2O4S/c1-5-7-17-26(18-8-6-2)19-22(28)20-27(24-11-9-10-12-25(24)31-4)32(29,30)23-15-13-21(3)14-16-23/h9-16,22,28H,5-8,17-20H2,1-4H3. The number of anilines is 1. The van der Waals surface area contributed by atoms with Crippen LogP contribution in [0.25, 0.3) is 0 Å². The molecule has 2 aromatic rings. The minimum atomic E-state index is -3.89. The van der Waals surface area contributed by atoms with Crippen LogP contribution in [0.3, 0.4) is 0 Å². The van der Waals surface area contributed by atoms with Gasteiger partial charge in [-0.15, -0.1) is 0 Å². The molecule has 0 aliphatic rings. The lowest BCUT2D eigenvalue weighted by molar-refractivity contribution is 0.117. The van der Waals surface area contributed by atoms with Crippen molar-refractivity contribution in [2.75, 3.05) is 37.6 Å². The summed E-state index contributed by atoms with van der Waals surface area (Å²) in [5, 5.41) is 11.0. The topological polar surface area (TPSA) is 70.1 Å². The summed E-state index contributed by atoms with van der Waals surface area (Å²) in [6.07, 6.45) is 3.42.